The molecule has 0 aliphatic heterocycles. The van der Waals surface area contributed by atoms with E-state index in [4.69, 9.17) is 16.3 Å². The molecule has 0 N–H and O–H groups in total. The van der Waals surface area contributed by atoms with E-state index in [1.807, 2.05) is 25.1 Å². The van der Waals surface area contributed by atoms with Crippen molar-refractivity contribution in [3.8, 4) is 5.75 Å². The van der Waals surface area contributed by atoms with Crippen molar-refractivity contribution in [3.05, 3.63) is 59.2 Å². The Morgan fingerprint density at radius 3 is 2.83 bits per heavy atom. The van der Waals surface area contributed by atoms with E-state index in [1.54, 1.807) is 6.07 Å². The quantitative estimate of drug-likeness (QED) is 0.784. The van der Waals surface area contributed by atoms with E-state index in [2.05, 4.69) is 4.98 Å². The van der Waals surface area contributed by atoms with E-state index in [0.29, 0.717) is 17.9 Å². The van der Waals surface area contributed by atoms with Gasteiger partial charge in [0.2, 0.25) is 0 Å². The number of benzene rings is 1. The van der Waals surface area contributed by atoms with Crippen molar-refractivity contribution >= 4 is 11.6 Å². The Morgan fingerprint density at radius 1 is 1.28 bits per heavy atom. The number of hydrogen-bond donors (Lipinski definition) is 0. The van der Waals surface area contributed by atoms with Crippen molar-refractivity contribution < 1.29 is 9.13 Å². The first kappa shape index (κ1) is 12.8. The van der Waals surface area contributed by atoms with Crippen molar-refractivity contribution in [1.82, 2.24) is 4.98 Å². The molecule has 0 saturated carbocycles. The van der Waals surface area contributed by atoms with Crippen LogP contribution in [0.3, 0.4) is 0 Å². The minimum Gasteiger partial charge on any atom is -0.487 e. The lowest BCUT2D eigenvalue weighted by Crippen LogP contribution is -2.01. The SMILES string of the molecule is Cc1cccc(COc2ccc(F)cc2CCl)n1. The molecule has 0 atom stereocenters. The Labute approximate surface area is 110 Å². The highest BCUT2D eigenvalue weighted by Gasteiger charge is 2.05. The average Bonchev–Trinajstić information content (AvgIpc) is 2.37. The first-order valence-corrected chi connectivity index (χ1v) is 6.12. The van der Waals surface area contributed by atoms with Crippen LogP contribution >= 0.6 is 11.6 Å². The first-order valence-electron chi connectivity index (χ1n) is 5.59. The molecule has 0 radical (unpaired) electrons. The van der Waals surface area contributed by atoms with Crippen molar-refractivity contribution in [1.29, 1.82) is 0 Å². The summed E-state index contributed by atoms with van der Waals surface area (Å²) in [6.45, 7) is 2.27. The van der Waals surface area contributed by atoms with Crippen LogP contribution in [0.2, 0.25) is 0 Å². The molecule has 0 saturated heterocycles. The second kappa shape index (κ2) is 5.83. The molecule has 0 fully saturated rings. The molecule has 0 aliphatic rings. The normalized spacial score (nSPS) is 10.4. The topological polar surface area (TPSA) is 22.1 Å². The van der Waals surface area contributed by atoms with Crippen molar-refractivity contribution in [2.75, 3.05) is 0 Å². The van der Waals surface area contributed by atoms with Crippen LogP contribution in [0, 0.1) is 12.7 Å². The molecule has 1 heterocycles. The highest BCUT2D eigenvalue weighted by molar-refractivity contribution is 6.17. The van der Waals surface area contributed by atoms with Crippen LogP contribution in [0.15, 0.2) is 36.4 Å². The van der Waals surface area contributed by atoms with Crippen LogP contribution < -0.4 is 4.74 Å². The van der Waals surface area contributed by atoms with Crippen molar-refractivity contribution in [2.24, 2.45) is 0 Å². The van der Waals surface area contributed by atoms with Gasteiger partial charge in [-0.05, 0) is 37.3 Å². The monoisotopic (exact) mass is 265 g/mol. The van der Waals surface area contributed by atoms with Crippen LogP contribution in [0.4, 0.5) is 4.39 Å². The van der Waals surface area contributed by atoms with Gasteiger partial charge in [-0.2, -0.15) is 0 Å². The van der Waals surface area contributed by atoms with E-state index in [0.717, 1.165) is 11.4 Å². The molecule has 0 spiro atoms. The van der Waals surface area contributed by atoms with Crippen LogP contribution in [-0.2, 0) is 12.5 Å². The third-order valence-corrected chi connectivity index (χ3v) is 2.78. The van der Waals surface area contributed by atoms with Gasteiger partial charge in [-0.15, -0.1) is 11.6 Å². The van der Waals surface area contributed by atoms with Crippen LogP contribution in [0.5, 0.6) is 5.75 Å². The van der Waals surface area contributed by atoms with Gasteiger partial charge in [0, 0.05) is 11.3 Å². The molecule has 94 valence electrons. The number of halogens is 2. The number of aromatic nitrogens is 1. The standard InChI is InChI=1S/C14H13ClFNO/c1-10-3-2-4-13(17-10)9-18-14-6-5-12(16)7-11(14)8-15/h2-7H,8-9H2,1H3. The number of hydrogen-bond acceptors (Lipinski definition) is 2. The number of rotatable bonds is 4. The maximum atomic E-state index is 13.0. The van der Waals surface area contributed by atoms with Gasteiger partial charge in [-0.3, -0.25) is 4.98 Å². The lowest BCUT2D eigenvalue weighted by molar-refractivity contribution is 0.298. The maximum absolute atomic E-state index is 13.0. The smallest absolute Gasteiger partial charge is 0.130 e. The summed E-state index contributed by atoms with van der Waals surface area (Å²) in [5, 5.41) is 0. The largest absolute Gasteiger partial charge is 0.487 e. The molecule has 0 unspecified atom stereocenters. The summed E-state index contributed by atoms with van der Waals surface area (Å²) < 4.78 is 18.6. The summed E-state index contributed by atoms with van der Waals surface area (Å²) >= 11 is 5.75. The van der Waals surface area contributed by atoms with Crippen LogP contribution in [-0.4, -0.2) is 4.98 Å². The Kier molecular flexibility index (Phi) is 4.15. The third-order valence-electron chi connectivity index (χ3n) is 2.49. The first-order chi connectivity index (χ1) is 8.69. The summed E-state index contributed by atoms with van der Waals surface area (Å²) in [4.78, 5) is 4.33. The molecule has 1 aromatic heterocycles. The molecular weight excluding hydrogens is 253 g/mol. The second-order valence-electron chi connectivity index (χ2n) is 3.94. The second-order valence-corrected chi connectivity index (χ2v) is 4.21. The van der Waals surface area contributed by atoms with Gasteiger partial charge in [-0.1, -0.05) is 6.07 Å². The molecular formula is C14H13ClFNO. The van der Waals surface area contributed by atoms with E-state index >= 15 is 0 Å². The van der Waals surface area contributed by atoms with Crippen LogP contribution in [0.25, 0.3) is 0 Å². The summed E-state index contributed by atoms with van der Waals surface area (Å²) in [6, 6.07) is 10.1. The van der Waals surface area contributed by atoms with E-state index in [9.17, 15) is 4.39 Å². The van der Waals surface area contributed by atoms with Gasteiger partial charge in [-0.25, -0.2) is 4.39 Å². The number of pyridine rings is 1. The number of nitrogens with zero attached hydrogens (tertiary/aromatic N) is 1. The molecule has 18 heavy (non-hydrogen) atoms. The van der Waals surface area contributed by atoms with Gasteiger partial charge in [0.05, 0.1) is 11.6 Å². The molecule has 0 aliphatic carbocycles. The zero-order chi connectivity index (χ0) is 13.0. The molecule has 1 aromatic carbocycles. The third kappa shape index (κ3) is 3.20. The fraction of sp³-hybridized carbons (Fsp3) is 0.214. The summed E-state index contributed by atoms with van der Waals surface area (Å²) in [7, 11) is 0. The molecule has 4 heteroatoms. The number of ether oxygens (including phenoxy) is 1. The van der Waals surface area contributed by atoms with Gasteiger partial charge in [0.25, 0.3) is 0 Å². The minimum atomic E-state index is -0.313. The predicted octanol–water partition coefficient (Wildman–Crippen LogP) is 3.85. The Balaban J connectivity index is 2.10. The number of aryl methyl sites for hydroxylation is 1. The highest BCUT2D eigenvalue weighted by Crippen LogP contribution is 2.22. The van der Waals surface area contributed by atoms with Gasteiger partial charge in [0.15, 0.2) is 0 Å². The summed E-state index contributed by atoms with van der Waals surface area (Å²) in [6.07, 6.45) is 0. The van der Waals surface area contributed by atoms with Crippen molar-refractivity contribution in [2.45, 2.75) is 19.4 Å². The van der Waals surface area contributed by atoms with Gasteiger partial charge < -0.3 is 4.74 Å². The molecule has 2 rings (SSSR count). The fourth-order valence-corrected chi connectivity index (χ4v) is 1.83. The van der Waals surface area contributed by atoms with Gasteiger partial charge >= 0.3 is 0 Å². The molecule has 2 aromatic rings. The average molecular weight is 266 g/mol. The molecule has 0 bridgehead atoms. The molecule has 2 nitrogen and oxygen atoms in total. The Hall–Kier alpha value is -1.61. The predicted molar refractivity (Wildman–Crippen MR) is 69.3 cm³/mol. The van der Waals surface area contributed by atoms with E-state index < -0.39 is 0 Å². The Bertz CT molecular complexity index is 545. The lowest BCUT2D eigenvalue weighted by atomic mass is 10.2. The minimum absolute atomic E-state index is 0.217. The summed E-state index contributed by atoms with van der Waals surface area (Å²) in [5.41, 5.74) is 2.41. The van der Waals surface area contributed by atoms with Crippen molar-refractivity contribution in [3.63, 3.8) is 0 Å². The Morgan fingerprint density at radius 2 is 2.11 bits per heavy atom. The zero-order valence-electron chi connectivity index (χ0n) is 9.99. The van der Waals surface area contributed by atoms with E-state index in [1.165, 1.54) is 12.1 Å². The highest BCUT2D eigenvalue weighted by atomic mass is 35.5. The zero-order valence-corrected chi connectivity index (χ0v) is 10.7. The van der Waals surface area contributed by atoms with Gasteiger partial charge in [0.1, 0.15) is 18.2 Å². The maximum Gasteiger partial charge on any atom is 0.130 e. The fourth-order valence-electron chi connectivity index (χ4n) is 1.62. The number of alkyl halides is 1. The van der Waals surface area contributed by atoms with E-state index in [-0.39, 0.29) is 11.7 Å². The molecule has 0 amide bonds. The lowest BCUT2D eigenvalue weighted by Gasteiger charge is -2.10. The van der Waals surface area contributed by atoms with Crippen LogP contribution in [0.1, 0.15) is 17.0 Å². The summed E-state index contributed by atoms with van der Waals surface area (Å²) in [5.74, 6) is 0.496.